The molecule has 3 heterocycles. The number of nitrogens with one attached hydrogen (secondary N) is 2. The zero-order chi connectivity index (χ0) is 26.2. The van der Waals surface area contributed by atoms with Crippen molar-refractivity contribution in [3.8, 4) is 0 Å². The second kappa shape index (κ2) is 10.1. The number of nitrogens with zero attached hydrogens (tertiary/aromatic N) is 2. The molecule has 0 aromatic heterocycles. The van der Waals surface area contributed by atoms with Crippen molar-refractivity contribution in [2.75, 3.05) is 26.2 Å². The second-order valence-corrected chi connectivity index (χ2v) is 9.57. The number of amides is 4. The van der Waals surface area contributed by atoms with Crippen LogP contribution in [0.2, 0.25) is 0 Å². The van der Waals surface area contributed by atoms with Gasteiger partial charge >= 0.3 is 12.2 Å². The molecule has 0 radical (unpaired) electrons. The highest BCUT2D eigenvalue weighted by molar-refractivity contribution is 6.03. The highest BCUT2D eigenvalue weighted by Gasteiger charge is 2.49. The van der Waals surface area contributed by atoms with Gasteiger partial charge in [0, 0.05) is 19.7 Å². The van der Waals surface area contributed by atoms with Crippen LogP contribution in [-0.2, 0) is 20.5 Å². The molecule has 0 spiro atoms. The third-order valence-electron chi connectivity index (χ3n) is 6.91. The van der Waals surface area contributed by atoms with Gasteiger partial charge in [-0.15, -0.1) is 0 Å². The molecule has 11 heteroatoms. The second-order valence-electron chi connectivity index (χ2n) is 9.57. The SMILES string of the molecule is CCN1C(=O)N[C@H](c2ccccc2C(F)(F)F)C2=C1CN([C@H](C(=O)NC[C@H]1CCCO1)C(C)C)C2=O. The van der Waals surface area contributed by atoms with Gasteiger partial charge in [-0.1, -0.05) is 32.0 Å². The Morgan fingerprint density at radius 2 is 1.97 bits per heavy atom. The van der Waals surface area contributed by atoms with Gasteiger partial charge in [0.25, 0.3) is 5.91 Å². The first kappa shape index (κ1) is 26.0. The largest absolute Gasteiger partial charge is 0.416 e. The maximum atomic E-state index is 13.8. The lowest BCUT2D eigenvalue weighted by Gasteiger charge is -2.33. The zero-order valence-electron chi connectivity index (χ0n) is 20.5. The van der Waals surface area contributed by atoms with Crippen molar-refractivity contribution in [2.24, 2.45) is 5.92 Å². The summed E-state index contributed by atoms with van der Waals surface area (Å²) in [6.45, 7) is 6.46. The first-order valence-corrected chi connectivity index (χ1v) is 12.2. The molecule has 0 bridgehead atoms. The molecule has 1 saturated heterocycles. The van der Waals surface area contributed by atoms with Gasteiger partial charge in [0.15, 0.2) is 0 Å². The summed E-state index contributed by atoms with van der Waals surface area (Å²) in [5.41, 5.74) is -0.745. The smallest absolute Gasteiger partial charge is 0.376 e. The summed E-state index contributed by atoms with van der Waals surface area (Å²) in [5.74, 6) is -1.20. The molecule has 3 aliphatic rings. The number of alkyl halides is 3. The zero-order valence-corrected chi connectivity index (χ0v) is 20.5. The number of hydrogen-bond donors (Lipinski definition) is 2. The van der Waals surface area contributed by atoms with E-state index in [9.17, 15) is 27.6 Å². The fraction of sp³-hybridized carbons (Fsp3) is 0.560. The van der Waals surface area contributed by atoms with Gasteiger partial charge in [-0.25, -0.2) is 4.79 Å². The van der Waals surface area contributed by atoms with Crippen LogP contribution in [0.25, 0.3) is 0 Å². The van der Waals surface area contributed by atoms with E-state index in [1.54, 1.807) is 20.8 Å². The van der Waals surface area contributed by atoms with E-state index < -0.39 is 35.8 Å². The fourth-order valence-corrected chi connectivity index (χ4v) is 5.24. The van der Waals surface area contributed by atoms with Gasteiger partial charge in [0.05, 0.1) is 35.5 Å². The molecule has 4 amide bonds. The molecule has 0 unspecified atom stereocenters. The predicted molar refractivity (Wildman–Crippen MR) is 124 cm³/mol. The lowest BCUT2D eigenvalue weighted by atomic mass is 9.91. The molecule has 0 aliphatic carbocycles. The normalized spacial score (nSPS) is 23.3. The van der Waals surface area contributed by atoms with Crippen LogP contribution in [0.1, 0.15) is 50.8 Å². The number of urea groups is 1. The van der Waals surface area contributed by atoms with Crippen LogP contribution >= 0.6 is 0 Å². The topological polar surface area (TPSA) is 91.0 Å². The van der Waals surface area contributed by atoms with E-state index >= 15 is 0 Å². The van der Waals surface area contributed by atoms with Gasteiger partial charge in [-0.3, -0.25) is 14.5 Å². The van der Waals surface area contributed by atoms with Gasteiger partial charge in [0.2, 0.25) is 5.91 Å². The Balaban J connectivity index is 1.68. The molecule has 1 aromatic rings. The minimum Gasteiger partial charge on any atom is -0.376 e. The summed E-state index contributed by atoms with van der Waals surface area (Å²) in [6.07, 6.45) is -2.99. The molecule has 1 fully saturated rings. The standard InChI is InChI=1S/C25H31F3N4O4/c1-4-31-18-13-32(21(14(2)3)22(33)29-12-15-8-7-11-36-15)23(34)19(18)20(30-24(31)35)16-9-5-6-10-17(16)25(26,27)28/h5-6,9-10,14-15,20-21H,4,7-8,11-13H2,1-3H3,(H,29,33)(H,30,35)/t15-,20-,21+/m1/s1. The molecule has 1 aromatic carbocycles. The molecule has 3 aliphatic heterocycles. The summed E-state index contributed by atoms with van der Waals surface area (Å²) in [7, 11) is 0. The number of hydrogen-bond acceptors (Lipinski definition) is 4. The Bertz CT molecular complexity index is 1070. The number of benzene rings is 1. The quantitative estimate of drug-likeness (QED) is 0.592. The molecule has 8 nitrogen and oxygen atoms in total. The van der Waals surface area contributed by atoms with Crippen LogP contribution in [0.15, 0.2) is 35.5 Å². The molecule has 4 rings (SSSR count). The average Bonchev–Trinajstić information content (AvgIpc) is 3.45. The molecule has 196 valence electrons. The highest BCUT2D eigenvalue weighted by Crippen LogP contribution is 2.42. The van der Waals surface area contributed by atoms with E-state index in [4.69, 9.17) is 4.74 Å². The van der Waals surface area contributed by atoms with Gasteiger partial charge in [-0.05, 0) is 37.3 Å². The fourth-order valence-electron chi connectivity index (χ4n) is 5.24. The number of carbonyl (C=O) groups is 3. The van der Waals surface area contributed by atoms with Crippen molar-refractivity contribution in [1.82, 2.24) is 20.4 Å². The lowest BCUT2D eigenvalue weighted by molar-refractivity contribution is -0.139. The monoisotopic (exact) mass is 508 g/mol. The molecular formula is C25H31F3N4O4. The highest BCUT2D eigenvalue weighted by atomic mass is 19.4. The summed E-state index contributed by atoms with van der Waals surface area (Å²) >= 11 is 0. The van der Waals surface area contributed by atoms with Gasteiger partial charge in [0.1, 0.15) is 6.04 Å². The first-order chi connectivity index (χ1) is 17.0. The van der Waals surface area contributed by atoms with Crippen molar-refractivity contribution >= 4 is 17.8 Å². The summed E-state index contributed by atoms with van der Waals surface area (Å²) in [5, 5.41) is 5.46. The van der Waals surface area contributed by atoms with Crippen LogP contribution < -0.4 is 10.6 Å². The van der Waals surface area contributed by atoms with Crippen molar-refractivity contribution in [2.45, 2.75) is 58.0 Å². The Hall–Kier alpha value is -3.08. The molecule has 36 heavy (non-hydrogen) atoms. The minimum atomic E-state index is -4.67. The van der Waals surface area contributed by atoms with Crippen LogP contribution in [-0.4, -0.2) is 66.0 Å². The third kappa shape index (κ3) is 4.80. The number of ether oxygens (including phenoxy) is 1. The summed E-state index contributed by atoms with van der Waals surface area (Å²) in [6, 6.07) is 2.17. The van der Waals surface area contributed by atoms with E-state index in [1.807, 2.05) is 0 Å². The Labute approximate surface area is 207 Å². The Morgan fingerprint density at radius 3 is 2.58 bits per heavy atom. The Morgan fingerprint density at radius 1 is 1.25 bits per heavy atom. The maximum absolute atomic E-state index is 13.8. The number of rotatable bonds is 7. The number of halogens is 3. The van der Waals surface area contributed by atoms with Crippen LogP contribution in [0, 0.1) is 5.92 Å². The van der Waals surface area contributed by atoms with Crippen LogP contribution in [0.5, 0.6) is 0 Å². The maximum Gasteiger partial charge on any atom is 0.416 e. The van der Waals surface area contributed by atoms with E-state index in [-0.39, 0.29) is 42.2 Å². The molecule has 0 saturated carbocycles. The number of likely N-dealkylation sites (N-methyl/N-ethyl adjacent to an activating group) is 1. The predicted octanol–water partition coefficient (Wildman–Crippen LogP) is 3.21. The number of carbonyl (C=O) groups excluding carboxylic acids is 3. The van der Waals surface area contributed by atoms with E-state index in [0.29, 0.717) is 18.8 Å². The van der Waals surface area contributed by atoms with Crippen molar-refractivity contribution < 1.29 is 32.3 Å². The van der Waals surface area contributed by atoms with Crippen molar-refractivity contribution in [3.05, 3.63) is 46.7 Å². The van der Waals surface area contributed by atoms with Crippen LogP contribution in [0.4, 0.5) is 18.0 Å². The first-order valence-electron chi connectivity index (χ1n) is 12.2. The Kier molecular flexibility index (Phi) is 7.31. The lowest BCUT2D eigenvalue weighted by Crippen LogP contribution is -2.52. The molecule has 3 atom stereocenters. The van der Waals surface area contributed by atoms with Crippen molar-refractivity contribution in [1.29, 1.82) is 0 Å². The van der Waals surface area contributed by atoms with E-state index in [0.717, 1.165) is 18.9 Å². The summed E-state index contributed by atoms with van der Waals surface area (Å²) < 4.78 is 47.0. The molecule has 2 N–H and O–H groups in total. The van der Waals surface area contributed by atoms with E-state index in [1.165, 1.54) is 28.0 Å². The van der Waals surface area contributed by atoms with Gasteiger partial charge < -0.3 is 20.3 Å². The van der Waals surface area contributed by atoms with E-state index in [2.05, 4.69) is 10.6 Å². The minimum absolute atomic E-state index is 0.0453. The third-order valence-corrected chi connectivity index (χ3v) is 6.91. The van der Waals surface area contributed by atoms with Gasteiger partial charge in [-0.2, -0.15) is 13.2 Å². The summed E-state index contributed by atoms with van der Waals surface area (Å²) in [4.78, 5) is 42.6. The molecular weight excluding hydrogens is 477 g/mol. The average molecular weight is 509 g/mol. The van der Waals surface area contributed by atoms with Crippen molar-refractivity contribution in [3.63, 3.8) is 0 Å². The van der Waals surface area contributed by atoms with Crippen LogP contribution in [0.3, 0.4) is 0 Å².